The van der Waals surface area contributed by atoms with E-state index in [1.807, 2.05) is 17.5 Å². The number of H-pyrrole nitrogens is 1. The van der Waals surface area contributed by atoms with Gasteiger partial charge < -0.3 is 10.1 Å². The third-order valence-corrected chi connectivity index (χ3v) is 4.00. The van der Waals surface area contributed by atoms with E-state index in [2.05, 4.69) is 16.5 Å². The molecule has 0 radical (unpaired) electrons. The molecule has 0 aliphatic carbocycles. The molecule has 0 saturated heterocycles. The van der Waals surface area contributed by atoms with E-state index in [1.165, 1.54) is 11.3 Å². The molecule has 20 heavy (non-hydrogen) atoms. The van der Waals surface area contributed by atoms with Crippen molar-refractivity contribution in [1.29, 1.82) is 0 Å². The Labute approximate surface area is 123 Å². The van der Waals surface area contributed by atoms with Crippen LogP contribution in [0.1, 0.15) is 5.82 Å². The van der Waals surface area contributed by atoms with E-state index >= 15 is 0 Å². The molecule has 0 spiro atoms. The number of aromatic nitrogens is 2. The summed E-state index contributed by atoms with van der Waals surface area (Å²) >= 11 is 7.21. The Bertz CT molecular complexity index is 865. The van der Waals surface area contributed by atoms with Crippen molar-refractivity contribution >= 4 is 38.9 Å². The molecule has 2 aromatic heterocycles. The molecule has 3 rings (SSSR count). The van der Waals surface area contributed by atoms with Crippen LogP contribution >= 0.6 is 22.9 Å². The molecule has 0 bridgehead atoms. The SMILES string of the molecule is C=C(O)c1nc2scc(-c3ccc(Cl)cc3)c2c(=O)[nH]1. The highest BCUT2D eigenvalue weighted by Crippen LogP contribution is 2.31. The van der Waals surface area contributed by atoms with Gasteiger partial charge in [-0.1, -0.05) is 30.3 Å². The van der Waals surface area contributed by atoms with Crippen molar-refractivity contribution in [2.24, 2.45) is 0 Å². The quantitative estimate of drug-likeness (QED) is 0.707. The molecule has 0 amide bonds. The first-order chi connectivity index (χ1) is 9.56. The predicted octanol–water partition coefficient (Wildman–Crippen LogP) is 3.83. The fraction of sp³-hybridized carbons (Fsp3) is 0. The third-order valence-electron chi connectivity index (χ3n) is 2.87. The number of fused-ring (bicyclic) bond motifs is 1. The number of hydrogen-bond donors (Lipinski definition) is 2. The van der Waals surface area contributed by atoms with Crippen molar-refractivity contribution in [1.82, 2.24) is 9.97 Å². The molecule has 0 unspecified atom stereocenters. The summed E-state index contributed by atoms with van der Waals surface area (Å²) in [7, 11) is 0. The van der Waals surface area contributed by atoms with Gasteiger partial charge in [0.05, 0.1) is 5.39 Å². The van der Waals surface area contributed by atoms with Gasteiger partial charge in [-0.25, -0.2) is 4.98 Å². The average molecular weight is 305 g/mol. The number of aliphatic hydroxyl groups excluding tert-OH is 1. The van der Waals surface area contributed by atoms with Gasteiger partial charge in [-0.15, -0.1) is 11.3 Å². The lowest BCUT2D eigenvalue weighted by molar-refractivity contribution is 0.507. The number of nitrogens with one attached hydrogen (secondary N) is 1. The molecule has 2 heterocycles. The Balaban J connectivity index is 2.26. The van der Waals surface area contributed by atoms with Crippen LogP contribution < -0.4 is 5.56 Å². The minimum Gasteiger partial charge on any atom is -0.505 e. The van der Waals surface area contributed by atoms with E-state index in [9.17, 15) is 9.90 Å². The molecule has 1 aromatic carbocycles. The lowest BCUT2D eigenvalue weighted by atomic mass is 10.1. The van der Waals surface area contributed by atoms with Gasteiger partial charge in [0.2, 0.25) is 0 Å². The molecule has 3 aromatic rings. The Morgan fingerprint density at radius 2 is 2.05 bits per heavy atom. The summed E-state index contributed by atoms with van der Waals surface area (Å²) in [6, 6.07) is 7.24. The molecule has 0 aliphatic rings. The average Bonchev–Trinajstić information content (AvgIpc) is 2.84. The van der Waals surface area contributed by atoms with Crippen LogP contribution in [0.3, 0.4) is 0 Å². The summed E-state index contributed by atoms with van der Waals surface area (Å²) in [5.74, 6) is -0.169. The number of aliphatic hydroxyl groups is 1. The van der Waals surface area contributed by atoms with E-state index < -0.39 is 0 Å². The van der Waals surface area contributed by atoms with Crippen molar-refractivity contribution in [2.75, 3.05) is 0 Å². The van der Waals surface area contributed by atoms with Crippen LogP contribution in [0.5, 0.6) is 0 Å². The molecule has 100 valence electrons. The first kappa shape index (κ1) is 12.9. The fourth-order valence-electron chi connectivity index (χ4n) is 1.93. The van der Waals surface area contributed by atoms with Gasteiger partial charge in [-0.2, -0.15) is 0 Å². The van der Waals surface area contributed by atoms with Crippen LogP contribution in [-0.2, 0) is 0 Å². The van der Waals surface area contributed by atoms with Crippen LogP contribution in [0.25, 0.3) is 27.1 Å². The summed E-state index contributed by atoms with van der Waals surface area (Å²) in [5.41, 5.74) is 1.39. The van der Waals surface area contributed by atoms with Gasteiger partial charge in [0.15, 0.2) is 11.6 Å². The highest BCUT2D eigenvalue weighted by atomic mass is 35.5. The Morgan fingerprint density at radius 1 is 1.35 bits per heavy atom. The molecule has 4 nitrogen and oxygen atoms in total. The maximum absolute atomic E-state index is 12.2. The Morgan fingerprint density at radius 3 is 2.70 bits per heavy atom. The number of nitrogens with zero attached hydrogens (tertiary/aromatic N) is 1. The second kappa shape index (κ2) is 4.77. The molecule has 0 saturated carbocycles. The normalized spacial score (nSPS) is 10.8. The largest absolute Gasteiger partial charge is 0.505 e. The maximum Gasteiger partial charge on any atom is 0.260 e. The van der Waals surface area contributed by atoms with Gasteiger partial charge in [-0.3, -0.25) is 4.79 Å². The Kier molecular flexibility index (Phi) is 3.08. The van der Waals surface area contributed by atoms with Gasteiger partial charge in [0.25, 0.3) is 5.56 Å². The second-order valence-electron chi connectivity index (χ2n) is 4.20. The highest BCUT2D eigenvalue weighted by molar-refractivity contribution is 7.17. The van der Waals surface area contributed by atoms with Crippen LogP contribution in [0.4, 0.5) is 0 Å². The number of rotatable bonds is 2. The standard InChI is InChI=1S/C14H9ClN2O2S/c1-7(18)12-16-13(19)11-10(6-20-14(11)17-12)8-2-4-9(15)5-3-8/h2-6,18H,1H2,(H,16,17,19). The van der Waals surface area contributed by atoms with Gasteiger partial charge in [0.1, 0.15) is 4.83 Å². The van der Waals surface area contributed by atoms with Crippen molar-refractivity contribution in [3.05, 3.63) is 57.4 Å². The van der Waals surface area contributed by atoms with Crippen LogP contribution in [0, 0.1) is 0 Å². The van der Waals surface area contributed by atoms with Crippen LogP contribution in [0.15, 0.2) is 41.0 Å². The van der Waals surface area contributed by atoms with E-state index in [1.54, 1.807) is 12.1 Å². The summed E-state index contributed by atoms with van der Waals surface area (Å²) in [4.78, 5) is 19.4. The smallest absolute Gasteiger partial charge is 0.260 e. The van der Waals surface area contributed by atoms with Crippen LogP contribution in [-0.4, -0.2) is 15.1 Å². The van der Waals surface area contributed by atoms with Crippen molar-refractivity contribution in [2.45, 2.75) is 0 Å². The third kappa shape index (κ3) is 2.11. The number of aromatic amines is 1. The second-order valence-corrected chi connectivity index (χ2v) is 5.49. The Hall–Kier alpha value is -2.11. The van der Waals surface area contributed by atoms with Gasteiger partial charge in [-0.05, 0) is 17.7 Å². The highest BCUT2D eigenvalue weighted by Gasteiger charge is 2.13. The zero-order valence-electron chi connectivity index (χ0n) is 10.2. The summed E-state index contributed by atoms with van der Waals surface area (Å²) in [6.07, 6.45) is 0. The topological polar surface area (TPSA) is 66.0 Å². The molecular formula is C14H9ClN2O2S. The van der Waals surface area contributed by atoms with Crippen molar-refractivity contribution in [3.63, 3.8) is 0 Å². The zero-order chi connectivity index (χ0) is 14.3. The first-order valence-corrected chi connectivity index (χ1v) is 6.97. The number of hydrogen-bond acceptors (Lipinski definition) is 4. The predicted molar refractivity (Wildman–Crippen MR) is 82.3 cm³/mol. The monoisotopic (exact) mass is 304 g/mol. The number of thiophene rings is 1. The molecule has 0 fully saturated rings. The number of benzene rings is 1. The summed E-state index contributed by atoms with van der Waals surface area (Å²) in [6.45, 7) is 3.36. The van der Waals surface area contributed by atoms with Crippen LogP contribution in [0.2, 0.25) is 5.02 Å². The van der Waals surface area contributed by atoms with Crippen molar-refractivity contribution in [3.8, 4) is 11.1 Å². The van der Waals surface area contributed by atoms with E-state index in [-0.39, 0.29) is 17.1 Å². The summed E-state index contributed by atoms with van der Waals surface area (Å²) < 4.78 is 0. The minimum absolute atomic E-state index is 0.0898. The molecule has 0 aliphatic heterocycles. The molecule has 2 N–H and O–H groups in total. The van der Waals surface area contributed by atoms with E-state index in [0.717, 1.165) is 11.1 Å². The number of halogens is 1. The molecule has 0 atom stereocenters. The maximum atomic E-state index is 12.2. The lowest BCUT2D eigenvalue weighted by Gasteiger charge is -2.01. The first-order valence-electron chi connectivity index (χ1n) is 5.72. The minimum atomic E-state index is -0.300. The zero-order valence-corrected chi connectivity index (χ0v) is 11.8. The van der Waals surface area contributed by atoms with Crippen molar-refractivity contribution < 1.29 is 5.11 Å². The molecular weight excluding hydrogens is 296 g/mol. The fourth-order valence-corrected chi connectivity index (χ4v) is 3.00. The lowest BCUT2D eigenvalue weighted by Crippen LogP contribution is -2.10. The van der Waals surface area contributed by atoms with Gasteiger partial charge >= 0.3 is 0 Å². The molecule has 6 heteroatoms. The summed E-state index contributed by atoms with van der Waals surface area (Å²) in [5, 5.41) is 12.3. The van der Waals surface area contributed by atoms with E-state index in [4.69, 9.17) is 11.6 Å². The van der Waals surface area contributed by atoms with Gasteiger partial charge in [0, 0.05) is 16.0 Å². The van der Waals surface area contributed by atoms with E-state index in [0.29, 0.717) is 15.2 Å².